The lowest BCUT2D eigenvalue weighted by Crippen LogP contribution is -1.83. The van der Waals surface area contributed by atoms with Gasteiger partial charge in [-0.05, 0) is 18.6 Å². The molecule has 0 saturated carbocycles. The molecule has 1 rings (SSSR count). The molecule has 0 bridgehead atoms. The summed E-state index contributed by atoms with van der Waals surface area (Å²) in [5.41, 5.74) is 1.36. The minimum Gasteiger partial charge on any atom is -0.0777 e. The number of rotatable bonds is 1. The van der Waals surface area contributed by atoms with Crippen molar-refractivity contribution in [1.29, 1.82) is 0 Å². The van der Waals surface area contributed by atoms with Gasteiger partial charge in [0.25, 0.3) is 0 Å². The van der Waals surface area contributed by atoms with Gasteiger partial charge in [0.1, 0.15) is 0 Å². The monoisotopic (exact) mass is 310 g/mol. The van der Waals surface area contributed by atoms with Crippen LogP contribution in [-0.4, -0.2) is 0 Å². The highest BCUT2D eigenvalue weighted by atomic mass is 127. The Hall–Kier alpha value is 0.430. The van der Waals surface area contributed by atoms with Gasteiger partial charge in [-0.2, -0.15) is 0 Å². The van der Waals surface area contributed by atoms with Crippen molar-refractivity contribution in [2.45, 2.75) is 10.8 Å². The molecule has 0 N–H and O–H groups in total. The number of benzene rings is 1. The summed E-state index contributed by atoms with van der Waals surface area (Å²) < 4.78 is 1.78. The first-order chi connectivity index (χ1) is 4.72. The Morgan fingerprint density at radius 3 is 2.40 bits per heavy atom. The maximum Gasteiger partial charge on any atom is 0.0342 e. The lowest BCUT2D eigenvalue weighted by atomic mass is 10.2. The Bertz CT molecular complexity index is 220. The summed E-state index contributed by atoms with van der Waals surface area (Å²) >= 11 is 5.90. The van der Waals surface area contributed by atoms with E-state index in [0.29, 0.717) is 3.92 Å². The van der Waals surface area contributed by atoms with E-state index in [1.165, 1.54) is 10.0 Å². The molecule has 1 unspecified atom stereocenters. The summed E-state index contributed by atoms with van der Waals surface area (Å²) in [5.74, 6) is 0. The summed E-state index contributed by atoms with van der Waals surface area (Å²) in [5, 5.41) is 0. The molecule has 0 aromatic heterocycles. The van der Waals surface area contributed by atoms with Crippen LogP contribution in [0.5, 0.6) is 0 Å². The van der Waals surface area contributed by atoms with Gasteiger partial charge < -0.3 is 0 Å². The topological polar surface area (TPSA) is 0 Å². The number of halogens is 2. The van der Waals surface area contributed by atoms with E-state index in [1.807, 2.05) is 6.07 Å². The van der Waals surface area contributed by atoms with Crippen molar-refractivity contribution in [2.24, 2.45) is 0 Å². The first kappa shape index (κ1) is 8.53. The molecule has 0 nitrogen and oxygen atoms in total. The summed E-state index contributed by atoms with van der Waals surface area (Å²) in [6.07, 6.45) is 0. The summed E-state index contributed by atoms with van der Waals surface area (Å²) in [4.78, 5) is 0. The molecule has 1 aromatic carbocycles. The van der Waals surface area contributed by atoms with E-state index in [2.05, 4.69) is 63.6 Å². The SMILES string of the molecule is CC(I)c1ccccc1Br. The Morgan fingerprint density at radius 2 is 2.00 bits per heavy atom. The third-order valence-electron chi connectivity index (χ3n) is 1.33. The van der Waals surface area contributed by atoms with Crippen LogP contribution in [0.3, 0.4) is 0 Å². The van der Waals surface area contributed by atoms with Crippen LogP contribution in [0.25, 0.3) is 0 Å². The van der Waals surface area contributed by atoms with Crippen molar-refractivity contribution < 1.29 is 0 Å². The van der Waals surface area contributed by atoms with Crippen molar-refractivity contribution >= 4 is 38.5 Å². The van der Waals surface area contributed by atoms with E-state index in [9.17, 15) is 0 Å². The van der Waals surface area contributed by atoms with Gasteiger partial charge in [-0.25, -0.2) is 0 Å². The standard InChI is InChI=1S/C8H8BrI/c1-6(10)7-4-2-3-5-8(7)9/h2-6H,1H3. The lowest BCUT2D eigenvalue weighted by molar-refractivity contribution is 1.13. The average molecular weight is 311 g/mol. The maximum atomic E-state index is 3.49. The highest BCUT2D eigenvalue weighted by Crippen LogP contribution is 2.28. The highest BCUT2D eigenvalue weighted by Gasteiger charge is 2.02. The van der Waals surface area contributed by atoms with Gasteiger partial charge >= 0.3 is 0 Å². The normalized spacial score (nSPS) is 13.1. The van der Waals surface area contributed by atoms with Crippen molar-refractivity contribution in [3.63, 3.8) is 0 Å². The summed E-state index contributed by atoms with van der Waals surface area (Å²) in [6, 6.07) is 8.31. The molecule has 0 amide bonds. The second-order valence-corrected chi connectivity index (χ2v) is 4.86. The zero-order chi connectivity index (χ0) is 7.56. The molecule has 2 heteroatoms. The molecule has 0 heterocycles. The number of hydrogen-bond acceptors (Lipinski definition) is 0. The van der Waals surface area contributed by atoms with Gasteiger partial charge in [-0.1, -0.05) is 56.7 Å². The lowest BCUT2D eigenvalue weighted by Gasteiger charge is -2.04. The summed E-state index contributed by atoms with van der Waals surface area (Å²) in [6.45, 7) is 2.18. The van der Waals surface area contributed by atoms with Gasteiger partial charge in [0.05, 0.1) is 0 Å². The zero-order valence-electron chi connectivity index (χ0n) is 5.64. The minimum absolute atomic E-state index is 0.577. The van der Waals surface area contributed by atoms with Crippen molar-refractivity contribution in [1.82, 2.24) is 0 Å². The Labute approximate surface area is 83.3 Å². The van der Waals surface area contributed by atoms with Crippen molar-refractivity contribution in [3.05, 3.63) is 34.3 Å². The fourth-order valence-electron chi connectivity index (χ4n) is 0.798. The van der Waals surface area contributed by atoms with E-state index in [1.54, 1.807) is 0 Å². The third-order valence-corrected chi connectivity index (χ3v) is 2.73. The van der Waals surface area contributed by atoms with E-state index >= 15 is 0 Å². The second kappa shape index (κ2) is 3.72. The average Bonchev–Trinajstić information content (AvgIpc) is 1.88. The molecule has 0 aliphatic rings. The van der Waals surface area contributed by atoms with Gasteiger partial charge in [-0.15, -0.1) is 0 Å². The van der Waals surface area contributed by atoms with Gasteiger partial charge in [0.15, 0.2) is 0 Å². The molecule has 0 aliphatic carbocycles. The van der Waals surface area contributed by atoms with Gasteiger partial charge in [-0.3, -0.25) is 0 Å². The molecule has 0 aliphatic heterocycles. The van der Waals surface area contributed by atoms with Crippen LogP contribution in [0.2, 0.25) is 0 Å². The van der Waals surface area contributed by atoms with Crippen molar-refractivity contribution in [3.8, 4) is 0 Å². The Morgan fingerprint density at radius 1 is 1.40 bits per heavy atom. The first-order valence-electron chi connectivity index (χ1n) is 3.10. The molecule has 0 spiro atoms. The Kier molecular flexibility index (Phi) is 3.17. The fraction of sp³-hybridized carbons (Fsp3) is 0.250. The molecular formula is C8H8BrI. The fourth-order valence-corrected chi connectivity index (χ4v) is 2.40. The minimum atomic E-state index is 0.577. The molecule has 54 valence electrons. The van der Waals surface area contributed by atoms with Crippen LogP contribution in [-0.2, 0) is 0 Å². The third kappa shape index (κ3) is 1.95. The molecular weight excluding hydrogens is 303 g/mol. The van der Waals surface area contributed by atoms with Gasteiger partial charge in [0, 0.05) is 8.40 Å². The smallest absolute Gasteiger partial charge is 0.0342 e. The highest BCUT2D eigenvalue weighted by molar-refractivity contribution is 14.1. The molecule has 1 aromatic rings. The van der Waals surface area contributed by atoms with E-state index in [-0.39, 0.29) is 0 Å². The van der Waals surface area contributed by atoms with E-state index in [4.69, 9.17) is 0 Å². The first-order valence-corrected chi connectivity index (χ1v) is 5.14. The largest absolute Gasteiger partial charge is 0.0777 e. The number of alkyl halides is 1. The summed E-state index contributed by atoms with van der Waals surface area (Å²) in [7, 11) is 0. The number of hydrogen-bond donors (Lipinski definition) is 0. The predicted octanol–water partition coefficient (Wildman–Crippen LogP) is 3.95. The molecule has 0 saturated heterocycles. The zero-order valence-corrected chi connectivity index (χ0v) is 9.39. The van der Waals surface area contributed by atoms with Crippen LogP contribution in [0, 0.1) is 0 Å². The second-order valence-electron chi connectivity index (χ2n) is 2.14. The molecule has 0 fully saturated rings. The van der Waals surface area contributed by atoms with Crippen LogP contribution < -0.4 is 0 Å². The molecule has 0 radical (unpaired) electrons. The Balaban J connectivity index is 3.03. The van der Waals surface area contributed by atoms with Crippen molar-refractivity contribution in [2.75, 3.05) is 0 Å². The van der Waals surface area contributed by atoms with Crippen LogP contribution in [0.1, 0.15) is 16.4 Å². The van der Waals surface area contributed by atoms with Crippen LogP contribution in [0.4, 0.5) is 0 Å². The van der Waals surface area contributed by atoms with Crippen LogP contribution >= 0.6 is 38.5 Å². The van der Waals surface area contributed by atoms with Gasteiger partial charge in [0.2, 0.25) is 0 Å². The predicted molar refractivity (Wildman–Crippen MR) is 56.6 cm³/mol. The van der Waals surface area contributed by atoms with Crippen LogP contribution in [0.15, 0.2) is 28.7 Å². The van der Waals surface area contributed by atoms with E-state index in [0.717, 1.165) is 0 Å². The maximum absolute atomic E-state index is 3.49. The van der Waals surface area contributed by atoms with E-state index < -0.39 is 0 Å². The molecule has 1 atom stereocenters. The quantitative estimate of drug-likeness (QED) is 0.544. The molecule has 10 heavy (non-hydrogen) atoms.